The van der Waals surface area contributed by atoms with E-state index in [9.17, 15) is 4.79 Å². The molecule has 0 spiro atoms. The third-order valence-electron chi connectivity index (χ3n) is 3.53. The lowest BCUT2D eigenvalue weighted by atomic mass is 10.0. The fourth-order valence-electron chi connectivity index (χ4n) is 2.68. The van der Waals surface area contributed by atoms with Gasteiger partial charge in [0.15, 0.2) is 5.78 Å². The van der Waals surface area contributed by atoms with Gasteiger partial charge in [0.25, 0.3) is 0 Å². The first-order chi connectivity index (χ1) is 8.97. The molecule has 2 nitrogen and oxygen atoms in total. The zero-order chi connectivity index (χ0) is 14.2. The molecule has 0 atom stereocenters. The Balaban J connectivity index is 2.80. The Morgan fingerprint density at radius 2 is 2.00 bits per heavy atom. The lowest BCUT2D eigenvalue weighted by Crippen LogP contribution is -1.99. The molecule has 0 aliphatic heterocycles. The van der Waals surface area contributed by atoms with Crippen LogP contribution < -0.4 is 0 Å². The van der Waals surface area contributed by atoms with Crippen molar-refractivity contribution >= 4 is 28.3 Å². The third kappa shape index (κ3) is 2.42. The number of fused-ring (bicyclic) bond motifs is 1. The second kappa shape index (κ2) is 5.38. The largest absolute Gasteiger partial charge is 0.331 e. The zero-order valence-corrected chi connectivity index (χ0v) is 12.8. The van der Waals surface area contributed by atoms with Crippen molar-refractivity contribution in [1.82, 2.24) is 4.57 Å². The highest BCUT2D eigenvalue weighted by molar-refractivity contribution is 6.35. The molecule has 0 aliphatic rings. The molecule has 19 heavy (non-hydrogen) atoms. The van der Waals surface area contributed by atoms with Crippen molar-refractivity contribution in [3.8, 4) is 0 Å². The first-order valence-corrected chi connectivity index (χ1v) is 7.15. The van der Waals surface area contributed by atoms with Crippen LogP contribution in [0.1, 0.15) is 48.2 Å². The van der Waals surface area contributed by atoms with Crippen molar-refractivity contribution in [3.63, 3.8) is 0 Å². The second-order valence-corrected chi connectivity index (χ2v) is 5.56. The first-order valence-electron chi connectivity index (χ1n) is 6.77. The van der Waals surface area contributed by atoms with Gasteiger partial charge in [0.2, 0.25) is 0 Å². The van der Waals surface area contributed by atoms with Crippen molar-refractivity contribution in [2.45, 2.75) is 47.1 Å². The average molecular weight is 278 g/mol. The van der Waals surface area contributed by atoms with Crippen molar-refractivity contribution in [2.75, 3.05) is 0 Å². The fraction of sp³-hybridized carbons (Fsp3) is 0.438. The Hall–Kier alpha value is -1.28. The van der Waals surface area contributed by atoms with Gasteiger partial charge in [-0.1, -0.05) is 31.0 Å². The Kier molecular flexibility index (Phi) is 4.00. The van der Waals surface area contributed by atoms with E-state index in [-0.39, 0.29) is 5.78 Å². The van der Waals surface area contributed by atoms with Crippen LogP contribution in [0.25, 0.3) is 10.9 Å². The summed E-state index contributed by atoms with van der Waals surface area (Å²) in [6.45, 7) is 8.72. The van der Waals surface area contributed by atoms with Gasteiger partial charge < -0.3 is 4.57 Å². The monoisotopic (exact) mass is 277 g/mol. The van der Waals surface area contributed by atoms with Crippen LogP contribution in [-0.4, -0.2) is 10.4 Å². The van der Waals surface area contributed by atoms with Crippen LogP contribution in [0.5, 0.6) is 0 Å². The van der Waals surface area contributed by atoms with E-state index >= 15 is 0 Å². The molecule has 2 aromatic rings. The molecule has 1 heterocycles. The third-order valence-corrected chi connectivity index (χ3v) is 3.92. The van der Waals surface area contributed by atoms with Gasteiger partial charge in [0.1, 0.15) is 5.15 Å². The number of halogens is 1. The molecular formula is C16H20ClNO. The van der Waals surface area contributed by atoms with Gasteiger partial charge in [-0.2, -0.15) is 0 Å². The standard InChI is InChI=1S/C16H20ClNO/c1-5-6-7-18-13-9-10(2)8-11(3)14(13)15(12(4)19)16(18)17/h8-9H,5-7H2,1-4H3. The van der Waals surface area contributed by atoms with Crippen LogP contribution in [0.2, 0.25) is 5.15 Å². The lowest BCUT2D eigenvalue weighted by molar-refractivity contribution is 0.101. The summed E-state index contributed by atoms with van der Waals surface area (Å²) in [7, 11) is 0. The van der Waals surface area contributed by atoms with Crippen LogP contribution in [0, 0.1) is 13.8 Å². The summed E-state index contributed by atoms with van der Waals surface area (Å²) in [5.41, 5.74) is 4.08. The summed E-state index contributed by atoms with van der Waals surface area (Å²) in [6, 6.07) is 4.23. The quantitative estimate of drug-likeness (QED) is 0.728. The molecule has 102 valence electrons. The maximum atomic E-state index is 11.9. The number of carbonyl (C=O) groups excluding carboxylic acids is 1. The molecule has 0 N–H and O–H groups in total. The summed E-state index contributed by atoms with van der Waals surface area (Å²) in [6.07, 6.45) is 2.17. The highest BCUT2D eigenvalue weighted by Gasteiger charge is 2.20. The van der Waals surface area contributed by atoms with Crippen LogP contribution in [0.15, 0.2) is 12.1 Å². The summed E-state index contributed by atoms with van der Waals surface area (Å²) < 4.78 is 2.08. The normalized spacial score (nSPS) is 11.2. The highest BCUT2D eigenvalue weighted by atomic mass is 35.5. The molecule has 0 saturated carbocycles. The van der Waals surface area contributed by atoms with Crippen molar-refractivity contribution in [1.29, 1.82) is 0 Å². The molecular weight excluding hydrogens is 258 g/mol. The summed E-state index contributed by atoms with van der Waals surface area (Å²) in [4.78, 5) is 11.9. The van der Waals surface area contributed by atoms with Crippen molar-refractivity contribution < 1.29 is 4.79 Å². The van der Waals surface area contributed by atoms with E-state index in [2.05, 4.69) is 30.5 Å². The minimum Gasteiger partial charge on any atom is -0.331 e. The number of aryl methyl sites for hydroxylation is 3. The number of hydrogen-bond donors (Lipinski definition) is 0. The minimum absolute atomic E-state index is 0.0391. The van der Waals surface area contributed by atoms with Crippen LogP contribution >= 0.6 is 11.6 Å². The Morgan fingerprint density at radius 1 is 1.32 bits per heavy atom. The highest BCUT2D eigenvalue weighted by Crippen LogP contribution is 2.33. The van der Waals surface area contributed by atoms with Crippen LogP contribution in [0.4, 0.5) is 0 Å². The summed E-state index contributed by atoms with van der Waals surface area (Å²) in [5.74, 6) is 0.0391. The van der Waals surface area contributed by atoms with Crippen LogP contribution in [0.3, 0.4) is 0 Å². The molecule has 0 aliphatic carbocycles. The minimum atomic E-state index is 0.0391. The van der Waals surface area contributed by atoms with Gasteiger partial charge in [-0.25, -0.2) is 0 Å². The Morgan fingerprint density at radius 3 is 2.58 bits per heavy atom. The molecule has 1 aromatic heterocycles. The van der Waals surface area contributed by atoms with E-state index in [0.717, 1.165) is 35.9 Å². The first kappa shape index (κ1) is 14.1. The zero-order valence-electron chi connectivity index (χ0n) is 12.0. The predicted octanol–water partition coefficient (Wildman–Crippen LogP) is 4.91. The topological polar surface area (TPSA) is 22.0 Å². The maximum Gasteiger partial charge on any atom is 0.163 e. The van der Waals surface area contributed by atoms with E-state index in [0.29, 0.717) is 10.7 Å². The van der Waals surface area contributed by atoms with Crippen LogP contribution in [-0.2, 0) is 6.54 Å². The van der Waals surface area contributed by atoms with E-state index in [1.807, 2.05) is 6.92 Å². The maximum absolute atomic E-state index is 11.9. The SMILES string of the molecule is CCCCn1c(Cl)c(C(C)=O)c2c(C)cc(C)cc21. The summed E-state index contributed by atoms with van der Waals surface area (Å²) >= 11 is 6.45. The van der Waals surface area contributed by atoms with E-state index in [1.54, 1.807) is 6.92 Å². The molecule has 0 bridgehead atoms. The number of rotatable bonds is 4. The van der Waals surface area contributed by atoms with Crippen molar-refractivity contribution in [3.05, 3.63) is 34.0 Å². The summed E-state index contributed by atoms with van der Waals surface area (Å²) in [5, 5.41) is 1.60. The molecule has 0 unspecified atom stereocenters. The predicted molar refractivity (Wildman–Crippen MR) is 81.3 cm³/mol. The molecule has 2 rings (SSSR count). The second-order valence-electron chi connectivity index (χ2n) is 5.20. The van der Waals surface area contributed by atoms with Gasteiger partial charge in [0.05, 0.1) is 11.1 Å². The number of nitrogens with zero attached hydrogens (tertiary/aromatic N) is 1. The van der Waals surface area contributed by atoms with Crippen molar-refractivity contribution in [2.24, 2.45) is 0 Å². The molecule has 0 radical (unpaired) electrons. The molecule has 0 fully saturated rings. The molecule has 3 heteroatoms. The van der Waals surface area contributed by atoms with Gasteiger partial charge in [0, 0.05) is 11.9 Å². The number of aromatic nitrogens is 1. The number of Topliss-reactive ketones (excluding diaryl/α,β-unsaturated/α-hetero) is 1. The molecule has 1 aromatic carbocycles. The van der Waals surface area contributed by atoms with Gasteiger partial charge >= 0.3 is 0 Å². The molecule has 0 saturated heterocycles. The average Bonchev–Trinajstić information content (AvgIpc) is 2.59. The lowest BCUT2D eigenvalue weighted by Gasteiger charge is -2.07. The van der Waals surface area contributed by atoms with E-state index in [4.69, 9.17) is 11.6 Å². The number of benzene rings is 1. The van der Waals surface area contributed by atoms with E-state index < -0.39 is 0 Å². The Bertz CT molecular complexity index is 640. The number of unbranched alkanes of at least 4 members (excludes halogenated alkanes) is 1. The number of ketones is 1. The number of carbonyl (C=O) groups is 1. The van der Waals surface area contributed by atoms with Gasteiger partial charge in [-0.05, 0) is 44.4 Å². The smallest absolute Gasteiger partial charge is 0.163 e. The van der Waals surface area contributed by atoms with Gasteiger partial charge in [-0.3, -0.25) is 4.79 Å². The number of hydrogen-bond acceptors (Lipinski definition) is 1. The molecule has 0 amide bonds. The van der Waals surface area contributed by atoms with Gasteiger partial charge in [-0.15, -0.1) is 0 Å². The van der Waals surface area contributed by atoms with E-state index in [1.165, 1.54) is 5.56 Å². The Labute approximate surface area is 119 Å². The fourth-order valence-corrected chi connectivity index (χ4v) is 3.09.